The number of amides is 2. The molecule has 124 valence electrons. The smallest absolute Gasteiger partial charge is 0.262 e. The van der Waals surface area contributed by atoms with Crippen molar-refractivity contribution in [3.05, 3.63) is 59.4 Å². The summed E-state index contributed by atoms with van der Waals surface area (Å²) in [5.41, 5.74) is 2.27. The number of carbonyl (C=O) groups excluding carboxylic acids is 2. The van der Waals surface area contributed by atoms with Crippen LogP contribution in [0.2, 0.25) is 0 Å². The van der Waals surface area contributed by atoms with Gasteiger partial charge in [0, 0.05) is 6.54 Å². The van der Waals surface area contributed by atoms with Crippen LogP contribution in [0.25, 0.3) is 0 Å². The van der Waals surface area contributed by atoms with Crippen LogP contribution in [0, 0.1) is 5.82 Å². The first-order chi connectivity index (χ1) is 11.6. The number of carbonyl (C=O) groups is 2. The van der Waals surface area contributed by atoms with Crippen molar-refractivity contribution < 1.29 is 18.7 Å². The number of hydrogen-bond donors (Lipinski definition) is 2. The highest BCUT2D eigenvalue weighted by Crippen LogP contribution is 2.28. The van der Waals surface area contributed by atoms with Crippen molar-refractivity contribution in [2.24, 2.45) is 0 Å². The number of hydrogen-bond acceptors (Lipinski definition) is 3. The predicted octanol–water partition coefficient (Wildman–Crippen LogP) is 2.06. The fraction of sp³-hybridized carbons (Fsp3) is 0.222. The summed E-state index contributed by atoms with van der Waals surface area (Å²) in [5.74, 6) is -0.0367. The quantitative estimate of drug-likeness (QED) is 0.883. The van der Waals surface area contributed by atoms with Gasteiger partial charge < -0.3 is 15.4 Å². The zero-order valence-electron chi connectivity index (χ0n) is 13.0. The molecule has 0 saturated heterocycles. The number of ether oxygens (including phenoxy) is 1. The summed E-state index contributed by atoms with van der Waals surface area (Å²) in [5, 5.41) is 5.56. The highest BCUT2D eigenvalue weighted by atomic mass is 19.1. The lowest BCUT2D eigenvalue weighted by molar-refractivity contribution is -0.120. The Bertz CT molecular complexity index is 777. The van der Waals surface area contributed by atoms with Crippen molar-refractivity contribution >= 4 is 17.5 Å². The number of benzene rings is 2. The van der Waals surface area contributed by atoms with Crippen molar-refractivity contribution in [1.82, 2.24) is 5.32 Å². The van der Waals surface area contributed by atoms with E-state index < -0.39 is 0 Å². The van der Waals surface area contributed by atoms with Gasteiger partial charge in [-0.05, 0) is 41.8 Å². The summed E-state index contributed by atoms with van der Waals surface area (Å²) in [4.78, 5) is 23.2. The third kappa shape index (κ3) is 4.10. The molecular weight excluding hydrogens is 311 g/mol. The van der Waals surface area contributed by atoms with Crippen LogP contribution in [-0.4, -0.2) is 25.0 Å². The van der Waals surface area contributed by atoms with Crippen LogP contribution in [0.15, 0.2) is 42.5 Å². The standard InChI is InChI=1S/C18H17FN2O3/c19-14-3-1-2-13(8-14)10-17(22)20-7-6-12-4-5-16-15(9-12)21-18(23)11-24-16/h1-5,8-9H,6-7,10-11H2,(H,20,22)(H,21,23). The molecule has 6 heteroatoms. The molecular formula is C18H17FN2O3. The molecule has 2 aromatic rings. The highest BCUT2D eigenvalue weighted by molar-refractivity contribution is 5.95. The molecule has 1 aliphatic heterocycles. The van der Waals surface area contributed by atoms with Gasteiger partial charge in [0.15, 0.2) is 6.61 Å². The van der Waals surface area contributed by atoms with E-state index in [0.29, 0.717) is 30.0 Å². The molecule has 2 N–H and O–H groups in total. The van der Waals surface area contributed by atoms with Gasteiger partial charge in [-0.25, -0.2) is 4.39 Å². The van der Waals surface area contributed by atoms with Gasteiger partial charge in [-0.15, -0.1) is 0 Å². The van der Waals surface area contributed by atoms with Gasteiger partial charge in [0.05, 0.1) is 12.1 Å². The molecule has 0 fully saturated rings. The Morgan fingerprint density at radius 3 is 2.92 bits per heavy atom. The first-order valence-corrected chi connectivity index (χ1v) is 7.67. The van der Waals surface area contributed by atoms with Crippen molar-refractivity contribution in [2.75, 3.05) is 18.5 Å². The third-order valence-corrected chi connectivity index (χ3v) is 3.67. The number of anilines is 1. The maximum atomic E-state index is 13.1. The van der Waals surface area contributed by atoms with Gasteiger partial charge in [-0.3, -0.25) is 9.59 Å². The largest absolute Gasteiger partial charge is 0.482 e. The number of fused-ring (bicyclic) bond motifs is 1. The van der Waals surface area contributed by atoms with Gasteiger partial charge >= 0.3 is 0 Å². The van der Waals surface area contributed by atoms with Crippen LogP contribution in [0.5, 0.6) is 5.75 Å². The second-order valence-corrected chi connectivity index (χ2v) is 5.57. The molecule has 0 aromatic heterocycles. The SMILES string of the molecule is O=C(Cc1cccc(F)c1)NCCc1ccc2c(c1)NC(=O)CO2. The zero-order chi connectivity index (χ0) is 16.9. The van der Waals surface area contributed by atoms with E-state index in [0.717, 1.165) is 5.56 Å². The predicted molar refractivity (Wildman–Crippen MR) is 87.4 cm³/mol. The summed E-state index contributed by atoms with van der Waals surface area (Å²) in [6.45, 7) is 0.490. The molecule has 2 aromatic carbocycles. The van der Waals surface area contributed by atoms with Crippen molar-refractivity contribution in [1.29, 1.82) is 0 Å². The molecule has 1 aliphatic rings. The molecule has 0 saturated carbocycles. The minimum atomic E-state index is -0.348. The molecule has 0 atom stereocenters. The monoisotopic (exact) mass is 328 g/mol. The van der Waals surface area contributed by atoms with Gasteiger partial charge in [-0.1, -0.05) is 18.2 Å². The van der Waals surface area contributed by atoms with E-state index in [2.05, 4.69) is 10.6 Å². The van der Waals surface area contributed by atoms with Crippen LogP contribution in [0.3, 0.4) is 0 Å². The molecule has 0 radical (unpaired) electrons. The fourth-order valence-electron chi connectivity index (χ4n) is 2.53. The van der Waals surface area contributed by atoms with Crippen molar-refractivity contribution in [3.63, 3.8) is 0 Å². The van der Waals surface area contributed by atoms with Crippen LogP contribution in [-0.2, 0) is 22.4 Å². The molecule has 0 unspecified atom stereocenters. The first-order valence-electron chi connectivity index (χ1n) is 7.67. The van der Waals surface area contributed by atoms with Crippen LogP contribution in [0.4, 0.5) is 10.1 Å². The van der Waals surface area contributed by atoms with Crippen molar-refractivity contribution in [3.8, 4) is 5.75 Å². The van der Waals surface area contributed by atoms with Gasteiger partial charge in [-0.2, -0.15) is 0 Å². The molecule has 2 amide bonds. The maximum Gasteiger partial charge on any atom is 0.262 e. The van der Waals surface area contributed by atoms with E-state index in [1.165, 1.54) is 12.1 Å². The average molecular weight is 328 g/mol. The molecule has 3 rings (SSSR count). The topological polar surface area (TPSA) is 67.4 Å². The Kier molecular flexibility index (Phi) is 4.74. The summed E-state index contributed by atoms with van der Waals surface area (Å²) >= 11 is 0. The normalized spacial score (nSPS) is 12.8. The van der Waals surface area contributed by atoms with Crippen LogP contribution in [0.1, 0.15) is 11.1 Å². The lowest BCUT2D eigenvalue weighted by atomic mass is 10.1. The summed E-state index contributed by atoms with van der Waals surface area (Å²) in [6, 6.07) is 11.5. The lowest BCUT2D eigenvalue weighted by Gasteiger charge is -2.18. The molecule has 0 bridgehead atoms. The van der Waals surface area contributed by atoms with E-state index in [1.54, 1.807) is 18.2 Å². The van der Waals surface area contributed by atoms with E-state index in [-0.39, 0.29) is 30.7 Å². The fourth-order valence-corrected chi connectivity index (χ4v) is 2.53. The van der Waals surface area contributed by atoms with Crippen LogP contribution >= 0.6 is 0 Å². The Morgan fingerprint density at radius 1 is 1.21 bits per heavy atom. The minimum absolute atomic E-state index is 0.0302. The Balaban J connectivity index is 1.50. The second kappa shape index (κ2) is 7.12. The average Bonchev–Trinajstić information content (AvgIpc) is 2.54. The minimum Gasteiger partial charge on any atom is -0.482 e. The third-order valence-electron chi connectivity index (χ3n) is 3.67. The molecule has 5 nitrogen and oxygen atoms in total. The van der Waals surface area contributed by atoms with Gasteiger partial charge in [0.25, 0.3) is 5.91 Å². The molecule has 0 spiro atoms. The van der Waals surface area contributed by atoms with Crippen LogP contribution < -0.4 is 15.4 Å². The maximum absolute atomic E-state index is 13.1. The first kappa shape index (κ1) is 16.0. The van der Waals surface area contributed by atoms with Crippen molar-refractivity contribution in [2.45, 2.75) is 12.8 Å². The Morgan fingerprint density at radius 2 is 2.08 bits per heavy atom. The summed E-state index contributed by atoms with van der Waals surface area (Å²) < 4.78 is 18.4. The number of nitrogens with one attached hydrogen (secondary N) is 2. The van der Waals surface area contributed by atoms with E-state index >= 15 is 0 Å². The molecule has 0 aliphatic carbocycles. The highest BCUT2D eigenvalue weighted by Gasteiger charge is 2.15. The van der Waals surface area contributed by atoms with Gasteiger partial charge in [0.2, 0.25) is 5.91 Å². The number of halogens is 1. The zero-order valence-corrected chi connectivity index (χ0v) is 13.0. The lowest BCUT2D eigenvalue weighted by Crippen LogP contribution is -2.27. The number of rotatable bonds is 5. The van der Waals surface area contributed by atoms with E-state index in [9.17, 15) is 14.0 Å². The second-order valence-electron chi connectivity index (χ2n) is 5.57. The molecule has 1 heterocycles. The summed E-state index contributed by atoms with van der Waals surface area (Å²) in [7, 11) is 0. The summed E-state index contributed by atoms with van der Waals surface area (Å²) in [6.07, 6.45) is 0.768. The Hall–Kier alpha value is -2.89. The van der Waals surface area contributed by atoms with E-state index in [4.69, 9.17) is 4.74 Å². The Labute approximate surface area is 138 Å². The van der Waals surface area contributed by atoms with Gasteiger partial charge in [0.1, 0.15) is 11.6 Å². The molecule has 24 heavy (non-hydrogen) atoms. The van der Waals surface area contributed by atoms with E-state index in [1.807, 2.05) is 12.1 Å².